The molecule has 1 N–H and O–H groups in total. The van der Waals surface area contributed by atoms with Gasteiger partial charge in [-0.3, -0.25) is 9.69 Å². The first-order valence-corrected chi connectivity index (χ1v) is 9.83. The van der Waals surface area contributed by atoms with Crippen LogP contribution in [0.1, 0.15) is 31.5 Å². The standard InChI is InChI=1S/C19H24ClN5O2/c20-15-3-1-4-16(13-15)25-11-9-24(10-12-25)8-5-17(26)22-19(6-2-7-19)18-21-14-27-23-18/h1,3-4,13-14H,2,5-12H2,(H,22,26). The van der Waals surface area contributed by atoms with Crippen LogP contribution >= 0.6 is 11.6 Å². The smallest absolute Gasteiger partial charge is 0.222 e. The Morgan fingerprint density at radius 2 is 2.07 bits per heavy atom. The quantitative estimate of drug-likeness (QED) is 0.817. The number of rotatable bonds is 6. The first-order chi connectivity index (χ1) is 13.1. The van der Waals surface area contributed by atoms with Gasteiger partial charge >= 0.3 is 0 Å². The van der Waals surface area contributed by atoms with Gasteiger partial charge in [0, 0.05) is 49.9 Å². The Labute approximate surface area is 163 Å². The highest BCUT2D eigenvalue weighted by Gasteiger charge is 2.43. The van der Waals surface area contributed by atoms with Crippen molar-refractivity contribution in [3.63, 3.8) is 0 Å². The normalized spacial score (nSPS) is 19.5. The largest absolute Gasteiger partial charge is 0.369 e. The Balaban J connectivity index is 1.24. The van der Waals surface area contributed by atoms with Crippen LogP contribution in [0.2, 0.25) is 5.02 Å². The van der Waals surface area contributed by atoms with E-state index in [1.807, 2.05) is 18.2 Å². The van der Waals surface area contributed by atoms with Gasteiger partial charge in [-0.2, -0.15) is 4.98 Å². The summed E-state index contributed by atoms with van der Waals surface area (Å²) in [6.45, 7) is 4.52. The number of carbonyl (C=O) groups excluding carboxylic acids is 1. The number of nitrogens with one attached hydrogen (secondary N) is 1. The Hall–Kier alpha value is -2.12. The van der Waals surface area contributed by atoms with E-state index < -0.39 is 5.54 Å². The fourth-order valence-electron chi connectivity index (χ4n) is 3.81. The second-order valence-corrected chi connectivity index (χ2v) is 7.73. The van der Waals surface area contributed by atoms with Crippen LogP contribution in [-0.4, -0.2) is 53.7 Å². The Morgan fingerprint density at radius 1 is 1.26 bits per heavy atom. The molecule has 144 valence electrons. The van der Waals surface area contributed by atoms with Crippen molar-refractivity contribution in [2.24, 2.45) is 0 Å². The summed E-state index contributed by atoms with van der Waals surface area (Å²) in [5.74, 6) is 0.647. The maximum atomic E-state index is 12.5. The van der Waals surface area contributed by atoms with Crippen LogP contribution < -0.4 is 10.2 Å². The Bertz CT molecular complexity index is 770. The first-order valence-electron chi connectivity index (χ1n) is 9.45. The molecule has 0 spiro atoms. The van der Waals surface area contributed by atoms with Gasteiger partial charge < -0.3 is 14.7 Å². The first kappa shape index (κ1) is 18.3. The molecule has 2 aliphatic rings. The molecule has 1 aromatic carbocycles. The SMILES string of the molecule is O=C(CCN1CCN(c2cccc(Cl)c2)CC1)NC1(c2ncon2)CCC1. The van der Waals surface area contributed by atoms with Crippen molar-refractivity contribution in [3.8, 4) is 0 Å². The van der Waals surface area contributed by atoms with E-state index in [2.05, 4.69) is 31.3 Å². The predicted octanol–water partition coefficient (Wildman–Crippen LogP) is 2.43. The summed E-state index contributed by atoms with van der Waals surface area (Å²) in [5, 5.41) is 7.83. The maximum absolute atomic E-state index is 12.5. The van der Waals surface area contributed by atoms with E-state index in [1.165, 1.54) is 6.39 Å². The van der Waals surface area contributed by atoms with Gasteiger partial charge in [-0.15, -0.1) is 0 Å². The Kier molecular flexibility index (Phi) is 5.31. The molecule has 0 radical (unpaired) electrons. The van der Waals surface area contributed by atoms with Gasteiger partial charge in [0.05, 0.1) is 0 Å². The third-order valence-electron chi connectivity index (χ3n) is 5.58. The average molecular weight is 390 g/mol. The van der Waals surface area contributed by atoms with E-state index in [9.17, 15) is 4.79 Å². The number of hydrogen-bond donors (Lipinski definition) is 1. The molecule has 7 nitrogen and oxygen atoms in total. The minimum absolute atomic E-state index is 0.0526. The number of amides is 1. The van der Waals surface area contributed by atoms with Gasteiger partial charge in [-0.1, -0.05) is 22.8 Å². The minimum Gasteiger partial charge on any atom is -0.369 e. The summed E-state index contributed by atoms with van der Waals surface area (Å²) in [4.78, 5) is 21.3. The van der Waals surface area contributed by atoms with Gasteiger partial charge in [-0.05, 0) is 37.5 Å². The van der Waals surface area contributed by atoms with Crippen molar-refractivity contribution >= 4 is 23.2 Å². The highest BCUT2D eigenvalue weighted by molar-refractivity contribution is 6.30. The molecule has 4 rings (SSSR count). The molecule has 1 saturated carbocycles. The average Bonchev–Trinajstić information content (AvgIpc) is 3.18. The second-order valence-electron chi connectivity index (χ2n) is 7.30. The zero-order chi connectivity index (χ0) is 18.7. The summed E-state index contributed by atoms with van der Waals surface area (Å²) in [7, 11) is 0. The van der Waals surface area contributed by atoms with Crippen molar-refractivity contribution in [1.82, 2.24) is 20.4 Å². The second kappa shape index (κ2) is 7.86. The molecule has 1 aliphatic carbocycles. The molecule has 2 heterocycles. The van der Waals surface area contributed by atoms with Crippen molar-refractivity contribution in [3.05, 3.63) is 41.5 Å². The summed E-state index contributed by atoms with van der Waals surface area (Å²) < 4.78 is 4.85. The molecular formula is C19H24ClN5O2. The zero-order valence-corrected chi connectivity index (χ0v) is 16.0. The number of anilines is 1. The molecule has 0 atom stereocenters. The third kappa shape index (κ3) is 4.09. The number of piperazine rings is 1. The van der Waals surface area contributed by atoms with Gasteiger partial charge in [0.1, 0.15) is 5.54 Å². The van der Waals surface area contributed by atoms with Crippen molar-refractivity contribution < 1.29 is 9.32 Å². The lowest BCUT2D eigenvalue weighted by atomic mass is 9.76. The van der Waals surface area contributed by atoms with Gasteiger partial charge in [0.25, 0.3) is 0 Å². The Morgan fingerprint density at radius 3 is 2.70 bits per heavy atom. The molecule has 0 bridgehead atoms. The van der Waals surface area contributed by atoms with E-state index in [1.54, 1.807) is 0 Å². The molecule has 1 aliphatic heterocycles. The summed E-state index contributed by atoms with van der Waals surface area (Å²) in [5.41, 5.74) is 0.738. The van der Waals surface area contributed by atoms with Gasteiger partial charge in [0.15, 0.2) is 5.82 Å². The predicted molar refractivity (Wildman–Crippen MR) is 103 cm³/mol. The lowest BCUT2D eigenvalue weighted by Crippen LogP contribution is -2.52. The molecule has 1 saturated heterocycles. The van der Waals surface area contributed by atoms with Gasteiger partial charge in [-0.25, -0.2) is 0 Å². The lowest BCUT2D eigenvalue weighted by Gasteiger charge is -2.40. The third-order valence-corrected chi connectivity index (χ3v) is 5.81. The number of benzene rings is 1. The molecular weight excluding hydrogens is 366 g/mol. The van der Waals surface area contributed by atoms with Crippen LogP contribution in [0.25, 0.3) is 0 Å². The van der Waals surface area contributed by atoms with E-state index in [0.717, 1.165) is 62.7 Å². The van der Waals surface area contributed by atoms with E-state index in [0.29, 0.717) is 12.2 Å². The number of halogens is 1. The maximum Gasteiger partial charge on any atom is 0.222 e. The van der Waals surface area contributed by atoms with E-state index in [4.69, 9.17) is 16.1 Å². The highest BCUT2D eigenvalue weighted by Crippen LogP contribution is 2.39. The monoisotopic (exact) mass is 389 g/mol. The molecule has 0 unspecified atom stereocenters. The number of carbonyl (C=O) groups is 1. The van der Waals surface area contributed by atoms with Crippen molar-refractivity contribution in [2.75, 3.05) is 37.6 Å². The zero-order valence-electron chi connectivity index (χ0n) is 15.2. The highest BCUT2D eigenvalue weighted by atomic mass is 35.5. The molecule has 1 aromatic heterocycles. The minimum atomic E-state index is -0.421. The lowest BCUT2D eigenvalue weighted by molar-refractivity contribution is -0.124. The molecule has 2 fully saturated rings. The van der Waals surface area contributed by atoms with E-state index >= 15 is 0 Å². The number of hydrogen-bond acceptors (Lipinski definition) is 6. The van der Waals surface area contributed by atoms with Crippen molar-refractivity contribution in [2.45, 2.75) is 31.2 Å². The number of nitrogens with zero attached hydrogens (tertiary/aromatic N) is 4. The molecule has 27 heavy (non-hydrogen) atoms. The van der Waals surface area contributed by atoms with Gasteiger partial charge in [0.2, 0.25) is 12.3 Å². The summed E-state index contributed by atoms with van der Waals surface area (Å²) in [6.07, 6.45) is 4.62. The molecule has 1 amide bonds. The fourth-order valence-corrected chi connectivity index (χ4v) is 3.99. The fraction of sp³-hybridized carbons (Fsp3) is 0.526. The summed E-state index contributed by atoms with van der Waals surface area (Å²) >= 11 is 6.09. The van der Waals surface area contributed by atoms with E-state index in [-0.39, 0.29) is 5.91 Å². The number of aromatic nitrogens is 2. The van der Waals surface area contributed by atoms with Crippen LogP contribution in [0.15, 0.2) is 35.2 Å². The topological polar surface area (TPSA) is 74.5 Å². The summed E-state index contributed by atoms with van der Waals surface area (Å²) in [6, 6.07) is 7.96. The van der Waals surface area contributed by atoms with Crippen LogP contribution in [0.3, 0.4) is 0 Å². The van der Waals surface area contributed by atoms with Crippen molar-refractivity contribution in [1.29, 1.82) is 0 Å². The van der Waals surface area contributed by atoms with Crippen LogP contribution in [-0.2, 0) is 10.3 Å². The van der Waals surface area contributed by atoms with Crippen LogP contribution in [0.4, 0.5) is 5.69 Å². The molecule has 8 heteroatoms. The van der Waals surface area contributed by atoms with Crippen LogP contribution in [0, 0.1) is 0 Å². The molecule has 2 aromatic rings. The van der Waals surface area contributed by atoms with Crippen LogP contribution in [0.5, 0.6) is 0 Å².